The number of nitrogens with one attached hydrogen (secondary N) is 1. The minimum Gasteiger partial charge on any atom is -0.350 e. The molecule has 0 atom stereocenters. The second kappa shape index (κ2) is 8.56. The standard InChI is InChI=1S/C26H23FN2O2/c1-17-8-11-20(16-18(17)2)23-24(28-22-6-4-3-5-7-22)26(31)29(25(23)30)15-14-19-9-12-21(27)13-10-19/h3-13,16,28H,14-15H2,1-2H3. The van der Waals surface area contributed by atoms with Crippen LogP contribution in [0.3, 0.4) is 0 Å². The third kappa shape index (κ3) is 4.26. The van der Waals surface area contributed by atoms with E-state index in [1.54, 1.807) is 12.1 Å². The first-order valence-electron chi connectivity index (χ1n) is 10.2. The average Bonchev–Trinajstić information content (AvgIpc) is 3.00. The summed E-state index contributed by atoms with van der Waals surface area (Å²) in [5.74, 6) is -0.997. The van der Waals surface area contributed by atoms with Crippen LogP contribution in [0.15, 0.2) is 78.5 Å². The molecule has 4 rings (SSSR count). The lowest BCUT2D eigenvalue weighted by Gasteiger charge is -2.15. The summed E-state index contributed by atoms with van der Waals surface area (Å²) in [6.45, 7) is 4.21. The van der Waals surface area contributed by atoms with E-state index >= 15 is 0 Å². The van der Waals surface area contributed by atoms with Crippen LogP contribution in [-0.2, 0) is 16.0 Å². The van der Waals surface area contributed by atoms with Crippen molar-refractivity contribution in [1.29, 1.82) is 0 Å². The van der Waals surface area contributed by atoms with Crippen LogP contribution in [0, 0.1) is 19.7 Å². The lowest BCUT2D eigenvalue weighted by molar-refractivity contribution is -0.136. The summed E-state index contributed by atoms with van der Waals surface area (Å²) in [5.41, 5.74) is 5.12. The first-order chi connectivity index (χ1) is 14.9. The van der Waals surface area contributed by atoms with E-state index in [9.17, 15) is 14.0 Å². The molecule has 1 aliphatic heterocycles. The molecule has 0 bridgehead atoms. The number of nitrogens with zero attached hydrogens (tertiary/aromatic N) is 1. The Kier molecular flexibility index (Phi) is 5.67. The van der Waals surface area contributed by atoms with Gasteiger partial charge in [0.25, 0.3) is 11.8 Å². The molecule has 0 spiro atoms. The molecule has 0 unspecified atom stereocenters. The fourth-order valence-corrected chi connectivity index (χ4v) is 3.62. The predicted molar refractivity (Wildman–Crippen MR) is 120 cm³/mol. The van der Waals surface area contributed by atoms with Gasteiger partial charge in [0.1, 0.15) is 11.5 Å². The van der Waals surface area contributed by atoms with Gasteiger partial charge in [-0.1, -0.05) is 48.5 Å². The van der Waals surface area contributed by atoms with Gasteiger partial charge in [-0.25, -0.2) is 4.39 Å². The highest BCUT2D eigenvalue weighted by atomic mass is 19.1. The van der Waals surface area contributed by atoms with Gasteiger partial charge in [-0.15, -0.1) is 0 Å². The molecular weight excluding hydrogens is 391 g/mol. The monoisotopic (exact) mass is 414 g/mol. The Morgan fingerprint density at radius 3 is 2.23 bits per heavy atom. The average molecular weight is 414 g/mol. The van der Waals surface area contributed by atoms with Gasteiger partial charge in [0.15, 0.2) is 0 Å². The normalized spacial score (nSPS) is 13.8. The van der Waals surface area contributed by atoms with Crippen molar-refractivity contribution < 1.29 is 14.0 Å². The van der Waals surface area contributed by atoms with Gasteiger partial charge in [-0.05, 0) is 66.8 Å². The molecule has 0 radical (unpaired) electrons. The highest BCUT2D eigenvalue weighted by Gasteiger charge is 2.39. The van der Waals surface area contributed by atoms with Crippen LogP contribution in [0.2, 0.25) is 0 Å². The van der Waals surface area contributed by atoms with Crippen molar-refractivity contribution in [2.45, 2.75) is 20.3 Å². The van der Waals surface area contributed by atoms with Crippen LogP contribution in [0.25, 0.3) is 5.57 Å². The molecule has 3 aromatic rings. The van der Waals surface area contributed by atoms with Gasteiger partial charge < -0.3 is 5.32 Å². The minimum absolute atomic E-state index is 0.220. The zero-order chi connectivity index (χ0) is 22.0. The molecule has 31 heavy (non-hydrogen) atoms. The van der Waals surface area contributed by atoms with E-state index in [-0.39, 0.29) is 29.9 Å². The number of aryl methyl sites for hydroxylation is 2. The second-order valence-electron chi connectivity index (χ2n) is 7.68. The van der Waals surface area contributed by atoms with E-state index in [0.29, 0.717) is 17.6 Å². The number of hydrogen-bond acceptors (Lipinski definition) is 3. The molecule has 1 aliphatic rings. The molecular formula is C26H23FN2O2. The molecule has 1 N–H and O–H groups in total. The molecule has 2 amide bonds. The summed E-state index contributed by atoms with van der Waals surface area (Å²) >= 11 is 0. The van der Waals surface area contributed by atoms with E-state index in [4.69, 9.17) is 0 Å². The van der Waals surface area contributed by atoms with E-state index in [1.165, 1.54) is 17.0 Å². The van der Waals surface area contributed by atoms with E-state index in [2.05, 4.69) is 5.32 Å². The maximum absolute atomic E-state index is 13.3. The maximum Gasteiger partial charge on any atom is 0.278 e. The summed E-state index contributed by atoms with van der Waals surface area (Å²) < 4.78 is 13.2. The van der Waals surface area contributed by atoms with Gasteiger partial charge in [-0.2, -0.15) is 0 Å². The Morgan fingerprint density at radius 1 is 0.839 bits per heavy atom. The summed E-state index contributed by atoms with van der Waals surface area (Å²) in [6.07, 6.45) is 0.455. The van der Waals surface area contributed by atoms with Crippen molar-refractivity contribution in [2.75, 3.05) is 11.9 Å². The van der Waals surface area contributed by atoms with Crippen LogP contribution in [0.1, 0.15) is 22.3 Å². The molecule has 3 aromatic carbocycles. The number of rotatable bonds is 6. The lowest BCUT2D eigenvalue weighted by atomic mass is 9.99. The van der Waals surface area contributed by atoms with Gasteiger partial charge >= 0.3 is 0 Å². The van der Waals surface area contributed by atoms with Crippen molar-refractivity contribution >= 4 is 23.1 Å². The molecule has 0 saturated heterocycles. The Bertz CT molecular complexity index is 1170. The van der Waals surface area contributed by atoms with Crippen molar-refractivity contribution in [1.82, 2.24) is 4.90 Å². The summed E-state index contributed by atoms with van der Waals surface area (Å²) in [6, 6.07) is 21.2. The first kappa shape index (κ1) is 20.5. The van der Waals surface area contributed by atoms with Crippen LogP contribution in [0.5, 0.6) is 0 Å². The number of halogens is 1. The number of carbonyl (C=O) groups is 2. The Hall–Kier alpha value is -3.73. The molecule has 156 valence electrons. The fraction of sp³-hybridized carbons (Fsp3) is 0.154. The zero-order valence-corrected chi connectivity index (χ0v) is 17.5. The Morgan fingerprint density at radius 2 is 1.55 bits per heavy atom. The second-order valence-corrected chi connectivity index (χ2v) is 7.68. The third-order valence-corrected chi connectivity index (χ3v) is 5.54. The Balaban J connectivity index is 1.67. The molecule has 0 aliphatic carbocycles. The topological polar surface area (TPSA) is 49.4 Å². The predicted octanol–water partition coefficient (Wildman–Crippen LogP) is 4.88. The highest BCUT2D eigenvalue weighted by Crippen LogP contribution is 2.31. The third-order valence-electron chi connectivity index (χ3n) is 5.54. The summed E-state index contributed by atoms with van der Waals surface area (Å²) in [7, 11) is 0. The number of anilines is 1. The van der Waals surface area contributed by atoms with Crippen LogP contribution in [0.4, 0.5) is 10.1 Å². The number of para-hydroxylation sites is 1. The number of benzene rings is 3. The summed E-state index contributed by atoms with van der Waals surface area (Å²) in [4.78, 5) is 27.9. The van der Waals surface area contributed by atoms with Gasteiger partial charge in [0.2, 0.25) is 0 Å². The molecule has 5 heteroatoms. The lowest BCUT2D eigenvalue weighted by Crippen LogP contribution is -2.34. The van der Waals surface area contributed by atoms with Crippen LogP contribution in [-0.4, -0.2) is 23.3 Å². The molecule has 4 nitrogen and oxygen atoms in total. The smallest absolute Gasteiger partial charge is 0.278 e. The van der Waals surface area contributed by atoms with E-state index in [1.807, 2.05) is 62.4 Å². The molecule has 0 aromatic heterocycles. The SMILES string of the molecule is Cc1ccc(C2=C(Nc3ccccc3)C(=O)N(CCc3ccc(F)cc3)C2=O)cc1C. The van der Waals surface area contributed by atoms with Crippen LogP contribution < -0.4 is 5.32 Å². The van der Waals surface area contributed by atoms with Crippen molar-refractivity contribution in [3.05, 3.63) is 107 Å². The number of imide groups is 1. The van der Waals surface area contributed by atoms with Gasteiger partial charge in [-0.3, -0.25) is 14.5 Å². The summed E-state index contributed by atoms with van der Waals surface area (Å²) in [5, 5.41) is 3.16. The minimum atomic E-state index is -0.357. The van der Waals surface area contributed by atoms with E-state index < -0.39 is 0 Å². The first-order valence-corrected chi connectivity index (χ1v) is 10.2. The fourth-order valence-electron chi connectivity index (χ4n) is 3.62. The maximum atomic E-state index is 13.3. The molecule has 0 fully saturated rings. The zero-order valence-electron chi connectivity index (χ0n) is 17.5. The van der Waals surface area contributed by atoms with Gasteiger partial charge in [0, 0.05) is 12.2 Å². The largest absolute Gasteiger partial charge is 0.350 e. The number of hydrogen-bond donors (Lipinski definition) is 1. The number of carbonyl (C=O) groups excluding carboxylic acids is 2. The Labute approximate surface area is 181 Å². The quantitative estimate of drug-likeness (QED) is 0.585. The van der Waals surface area contributed by atoms with Crippen molar-refractivity contribution in [3.63, 3.8) is 0 Å². The van der Waals surface area contributed by atoms with Crippen molar-refractivity contribution in [2.24, 2.45) is 0 Å². The molecule has 0 saturated carbocycles. The molecule has 1 heterocycles. The highest BCUT2D eigenvalue weighted by molar-refractivity contribution is 6.36. The van der Waals surface area contributed by atoms with Crippen molar-refractivity contribution in [3.8, 4) is 0 Å². The van der Waals surface area contributed by atoms with Gasteiger partial charge in [0.05, 0.1) is 5.57 Å². The van der Waals surface area contributed by atoms with Crippen LogP contribution >= 0.6 is 0 Å². The number of amides is 2. The van der Waals surface area contributed by atoms with E-state index in [0.717, 1.165) is 22.4 Å².